The number of hydrogen-bond acceptors (Lipinski definition) is 2. The van der Waals surface area contributed by atoms with E-state index in [-0.39, 0.29) is 12.4 Å². The molecule has 0 saturated carbocycles. The van der Waals surface area contributed by atoms with E-state index in [4.69, 9.17) is 4.43 Å². The fraction of sp³-hybridized carbons (Fsp3) is 0.167. The van der Waals surface area contributed by atoms with E-state index in [1.54, 1.807) is 0 Å². The Balaban J connectivity index is 2.32. The number of aryl methyl sites for hydroxylation is 3. The Bertz CT molecular complexity index is 799. The van der Waals surface area contributed by atoms with Crippen molar-refractivity contribution < 1.29 is 9.22 Å². The van der Waals surface area contributed by atoms with Crippen molar-refractivity contribution in [3.63, 3.8) is 0 Å². The molecule has 0 amide bonds. The van der Waals surface area contributed by atoms with Crippen LogP contribution in [0.5, 0.6) is 0 Å². The number of hydrogen-bond donors (Lipinski definition) is 0. The molecular weight excluding hydrogens is 348 g/mol. The molecule has 0 aliphatic carbocycles. The Labute approximate surface area is 163 Å². The lowest BCUT2D eigenvalue weighted by atomic mass is 10.2. The molecule has 137 valence electrons. The van der Waals surface area contributed by atoms with E-state index in [0.717, 1.165) is 15.6 Å². The third kappa shape index (κ3) is 3.88. The summed E-state index contributed by atoms with van der Waals surface area (Å²) in [6, 6.07) is 25.1. The molecule has 0 aliphatic heterocycles. The molecule has 1 radical (unpaired) electrons. The highest BCUT2D eigenvalue weighted by atomic mass is 28.4. The number of rotatable bonds is 5. The van der Waals surface area contributed by atoms with Crippen LogP contribution in [-0.2, 0) is 9.22 Å². The predicted molar refractivity (Wildman–Crippen MR) is 114 cm³/mol. The van der Waals surface area contributed by atoms with Crippen molar-refractivity contribution in [3.05, 3.63) is 96.4 Å². The van der Waals surface area contributed by atoms with Gasteiger partial charge in [0.25, 0.3) is 5.97 Å². The largest absolute Gasteiger partial charge is 0.506 e. The first-order valence-corrected chi connectivity index (χ1v) is 11.1. The van der Waals surface area contributed by atoms with Gasteiger partial charge in [-0.25, -0.2) is 0 Å². The predicted octanol–water partition coefficient (Wildman–Crippen LogP) is 3.35. The highest BCUT2D eigenvalue weighted by Crippen LogP contribution is 2.13. The van der Waals surface area contributed by atoms with Crippen molar-refractivity contribution in [2.45, 2.75) is 27.2 Å². The zero-order chi connectivity index (χ0) is 19.4. The van der Waals surface area contributed by atoms with Gasteiger partial charge in [0.2, 0.25) is 0 Å². The topological polar surface area (TPSA) is 26.3 Å². The quantitative estimate of drug-likeness (QED) is 0.506. The maximum atomic E-state index is 12.5. The van der Waals surface area contributed by atoms with Crippen molar-refractivity contribution in [2.24, 2.45) is 0 Å². The van der Waals surface area contributed by atoms with E-state index in [0.29, 0.717) is 0 Å². The maximum Gasteiger partial charge on any atom is 0.350 e. The van der Waals surface area contributed by atoms with Crippen molar-refractivity contribution in [2.75, 3.05) is 0 Å². The second kappa shape index (κ2) is 7.93. The molecule has 0 aliphatic rings. The molecule has 27 heavy (non-hydrogen) atoms. The summed E-state index contributed by atoms with van der Waals surface area (Å²) in [5, 5.41) is 3.17. The second-order valence-corrected chi connectivity index (χ2v) is 10.3. The van der Waals surface area contributed by atoms with Crippen LogP contribution in [0.3, 0.4) is 0 Å². The van der Waals surface area contributed by atoms with E-state index >= 15 is 0 Å². The summed E-state index contributed by atoms with van der Waals surface area (Å²) in [5.74, 6) is -0.275. The molecule has 2 nitrogen and oxygen atoms in total. The molecule has 0 N–H and O–H groups in total. The summed E-state index contributed by atoms with van der Waals surface area (Å²) in [5.41, 5.74) is 3.54. The molecule has 0 fully saturated rings. The van der Waals surface area contributed by atoms with Gasteiger partial charge in [0.1, 0.15) is 0 Å². The maximum absolute atomic E-state index is 12.5. The van der Waals surface area contributed by atoms with Gasteiger partial charge < -0.3 is 4.43 Å². The smallest absolute Gasteiger partial charge is 0.350 e. The molecule has 0 aromatic heterocycles. The summed E-state index contributed by atoms with van der Waals surface area (Å²) in [7, 11) is -2.97. The molecule has 0 bridgehead atoms. The normalized spacial score (nSPS) is 11.3. The highest BCUT2D eigenvalue weighted by Gasteiger charge is 2.45. The summed E-state index contributed by atoms with van der Waals surface area (Å²) in [4.78, 5) is 12.5. The third-order valence-electron chi connectivity index (χ3n) is 4.85. The molecule has 0 unspecified atom stereocenters. The lowest BCUT2D eigenvalue weighted by Gasteiger charge is -2.32. The SMILES string of the molecule is [CH2]CC(=O)O[Si](c1ccc(C)cc1)(c1ccc(C)cc1)c1ccc(C)cc1. The Morgan fingerprint density at radius 2 is 1.00 bits per heavy atom. The molecule has 0 spiro atoms. The van der Waals surface area contributed by atoms with Gasteiger partial charge in [0, 0.05) is 6.42 Å². The van der Waals surface area contributed by atoms with E-state index in [9.17, 15) is 4.79 Å². The van der Waals surface area contributed by atoms with Crippen LogP contribution < -0.4 is 15.6 Å². The minimum absolute atomic E-state index is 0.109. The van der Waals surface area contributed by atoms with Crippen molar-refractivity contribution in [1.29, 1.82) is 0 Å². The second-order valence-electron chi connectivity index (χ2n) is 7.00. The van der Waals surface area contributed by atoms with Crippen LogP contribution in [0.2, 0.25) is 0 Å². The lowest BCUT2D eigenvalue weighted by molar-refractivity contribution is -0.133. The van der Waals surface area contributed by atoms with Gasteiger partial charge in [-0.3, -0.25) is 4.79 Å². The van der Waals surface area contributed by atoms with Crippen LogP contribution in [0.15, 0.2) is 72.8 Å². The van der Waals surface area contributed by atoms with E-state index < -0.39 is 8.32 Å². The van der Waals surface area contributed by atoms with E-state index in [1.165, 1.54) is 16.7 Å². The monoisotopic (exact) mass is 373 g/mol. The highest BCUT2D eigenvalue weighted by molar-refractivity contribution is 7.07. The van der Waals surface area contributed by atoms with Crippen LogP contribution in [0.25, 0.3) is 0 Å². The van der Waals surface area contributed by atoms with Gasteiger partial charge in [-0.05, 0) is 43.3 Å². The van der Waals surface area contributed by atoms with Gasteiger partial charge in [-0.1, -0.05) is 89.5 Å². The van der Waals surface area contributed by atoms with Crippen molar-refractivity contribution >= 4 is 29.8 Å². The van der Waals surface area contributed by atoms with Gasteiger partial charge >= 0.3 is 8.32 Å². The minimum atomic E-state index is -2.97. The summed E-state index contributed by atoms with van der Waals surface area (Å²) in [6.07, 6.45) is 0.109. The molecule has 3 heteroatoms. The standard InChI is InChI=1S/C24H25O2Si/c1-5-24(25)26-27(21-12-6-18(2)7-13-21,22-14-8-19(3)9-15-22)23-16-10-20(4)11-17-23/h6-17H,1,5H2,2-4H3. The molecule has 3 aromatic carbocycles. The average Bonchev–Trinajstić information content (AvgIpc) is 2.68. The van der Waals surface area contributed by atoms with E-state index in [2.05, 4.69) is 100 Å². The Morgan fingerprint density at radius 3 is 1.26 bits per heavy atom. The number of benzene rings is 3. The molecule has 0 atom stereocenters. The fourth-order valence-electron chi connectivity index (χ4n) is 3.26. The number of carbonyl (C=O) groups excluding carboxylic acids is 1. The van der Waals surface area contributed by atoms with Gasteiger partial charge in [-0.2, -0.15) is 0 Å². The zero-order valence-electron chi connectivity index (χ0n) is 16.2. The summed E-state index contributed by atoms with van der Waals surface area (Å²) < 4.78 is 6.30. The first-order chi connectivity index (χ1) is 13.0. The molecule has 3 aromatic rings. The first-order valence-electron chi connectivity index (χ1n) is 9.18. The Hall–Kier alpha value is -2.65. The average molecular weight is 374 g/mol. The molecule has 3 rings (SSSR count). The van der Waals surface area contributed by atoms with Gasteiger partial charge in [0.05, 0.1) is 0 Å². The van der Waals surface area contributed by atoms with Gasteiger partial charge in [0.15, 0.2) is 0 Å². The third-order valence-corrected chi connectivity index (χ3v) is 8.82. The summed E-state index contributed by atoms with van der Waals surface area (Å²) >= 11 is 0. The summed E-state index contributed by atoms with van der Waals surface area (Å²) in [6.45, 7) is 9.93. The Morgan fingerprint density at radius 1 is 0.704 bits per heavy atom. The van der Waals surface area contributed by atoms with Crippen LogP contribution in [-0.4, -0.2) is 14.3 Å². The van der Waals surface area contributed by atoms with Gasteiger partial charge in [-0.15, -0.1) is 0 Å². The van der Waals surface area contributed by atoms with Crippen LogP contribution in [0.4, 0.5) is 0 Å². The van der Waals surface area contributed by atoms with Crippen LogP contribution in [0.1, 0.15) is 23.1 Å². The van der Waals surface area contributed by atoms with Crippen molar-refractivity contribution in [3.8, 4) is 0 Å². The lowest BCUT2D eigenvalue weighted by Crippen LogP contribution is -2.70. The number of carbonyl (C=O) groups is 1. The Kier molecular flexibility index (Phi) is 5.61. The minimum Gasteiger partial charge on any atom is -0.506 e. The van der Waals surface area contributed by atoms with Crippen molar-refractivity contribution in [1.82, 2.24) is 0 Å². The van der Waals surface area contributed by atoms with Crippen LogP contribution >= 0.6 is 0 Å². The fourth-order valence-corrected chi connectivity index (χ4v) is 6.97. The van der Waals surface area contributed by atoms with Crippen LogP contribution in [0, 0.1) is 27.7 Å². The molecule has 0 saturated heterocycles. The van der Waals surface area contributed by atoms with E-state index in [1.807, 2.05) is 0 Å². The zero-order valence-corrected chi connectivity index (χ0v) is 17.2. The first kappa shape index (κ1) is 19.1. The molecular formula is C24H25O2Si. The molecule has 0 heterocycles.